The number of hydrogen-bond donors (Lipinski definition) is 0. The van der Waals surface area contributed by atoms with Crippen molar-refractivity contribution in [3.8, 4) is 0 Å². The van der Waals surface area contributed by atoms with Gasteiger partial charge >= 0.3 is 5.97 Å². The summed E-state index contributed by atoms with van der Waals surface area (Å²) in [5.41, 5.74) is 0.937. The van der Waals surface area contributed by atoms with Crippen LogP contribution in [0.15, 0.2) is 36.4 Å². The molecular weight excluding hydrogens is 188 g/mol. The summed E-state index contributed by atoms with van der Waals surface area (Å²) >= 11 is 5.72. The maximum absolute atomic E-state index is 10.8. The number of rotatable bonds is 1. The van der Waals surface area contributed by atoms with Gasteiger partial charge in [0.25, 0.3) is 0 Å². The lowest BCUT2D eigenvalue weighted by atomic mass is 10.1. The van der Waals surface area contributed by atoms with Gasteiger partial charge in [-0.2, -0.15) is 0 Å². The molecule has 1 atom stereocenters. The van der Waals surface area contributed by atoms with Crippen LogP contribution >= 0.6 is 11.6 Å². The van der Waals surface area contributed by atoms with Crippen LogP contribution in [0.3, 0.4) is 0 Å². The largest absolute Gasteiger partial charge is 0.450 e. The lowest BCUT2D eigenvalue weighted by molar-refractivity contribution is -0.138. The summed E-state index contributed by atoms with van der Waals surface area (Å²) in [5, 5.41) is 0.678. The molecule has 13 heavy (non-hydrogen) atoms. The number of carbonyl (C=O) groups is 1. The first kappa shape index (κ1) is 8.32. The minimum Gasteiger partial charge on any atom is -0.450 e. The molecule has 2 rings (SSSR count). The van der Waals surface area contributed by atoms with Crippen molar-refractivity contribution < 1.29 is 9.53 Å². The summed E-state index contributed by atoms with van der Waals surface area (Å²) < 4.78 is 4.99. The van der Waals surface area contributed by atoms with Crippen LogP contribution in [0.25, 0.3) is 0 Å². The maximum Gasteiger partial charge on any atom is 0.331 e. The van der Waals surface area contributed by atoms with Gasteiger partial charge in [0.2, 0.25) is 0 Å². The second-order valence-electron chi connectivity index (χ2n) is 2.77. The molecule has 1 aromatic rings. The van der Waals surface area contributed by atoms with Crippen LogP contribution in [0, 0.1) is 0 Å². The second kappa shape index (κ2) is 3.23. The lowest BCUT2D eigenvalue weighted by Gasteiger charge is -2.07. The lowest BCUT2D eigenvalue weighted by Crippen LogP contribution is -1.99. The van der Waals surface area contributed by atoms with E-state index >= 15 is 0 Å². The molecule has 1 aliphatic heterocycles. The van der Waals surface area contributed by atoms with Crippen molar-refractivity contribution in [1.82, 2.24) is 0 Å². The van der Waals surface area contributed by atoms with E-state index in [1.165, 1.54) is 6.08 Å². The first-order valence-corrected chi connectivity index (χ1v) is 4.28. The number of cyclic esters (lactones) is 1. The Hall–Kier alpha value is -1.28. The van der Waals surface area contributed by atoms with Crippen LogP contribution in [0.1, 0.15) is 11.7 Å². The van der Waals surface area contributed by atoms with Crippen molar-refractivity contribution in [2.24, 2.45) is 0 Å². The highest BCUT2D eigenvalue weighted by molar-refractivity contribution is 6.30. The number of benzene rings is 1. The Labute approximate surface area is 80.8 Å². The fourth-order valence-electron chi connectivity index (χ4n) is 1.20. The van der Waals surface area contributed by atoms with Gasteiger partial charge in [0, 0.05) is 11.1 Å². The van der Waals surface area contributed by atoms with E-state index in [9.17, 15) is 4.79 Å². The molecule has 1 aromatic carbocycles. The van der Waals surface area contributed by atoms with E-state index in [1.54, 1.807) is 18.2 Å². The van der Waals surface area contributed by atoms with Gasteiger partial charge in [-0.3, -0.25) is 0 Å². The normalized spacial score (nSPS) is 20.4. The van der Waals surface area contributed by atoms with E-state index in [-0.39, 0.29) is 12.1 Å². The van der Waals surface area contributed by atoms with E-state index in [2.05, 4.69) is 0 Å². The first-order chi connectivity index (χ1) is 6.25. The van der Waals surface area contributed by atoms with Gasteiger partial charge in [-0.15, -0.1) is 0 Å². The summed E-state index contributed by atoms with van der Waals surface area (Å²) in [5.74, 6) is -0.292. The number of halogens is 1. The van der Waals surface area contributed by atoms with E-state index in [1.807, 2.05) is 12.1 Å². The molecule has 3 heteroatoms. The van der Waals surface area contributed by atoms with Gasteiger partial charge in [0.05, 0.1) is 0 Å². The quantitative estimate of drug-likeness (QED) is 0.642. The Morgan fingerprint density at radius 3 is 2.46 bits per heavy atom. The number of carbonyl (C=O) groups excluding carboxylic acids is 1. The predicted octanol–water partition coefficient (Wildman–Crippen LogP) is 2.49. The topological polar surface area (TPSA) is 26.3 Å². The first-order valence-electron chi connectivity index (χ1n) is 3.90. The highest BCUT2D eigenvalue weighted by atomic mass is 35.5. The Morgan fingerprint density at radius 1 is 1.23 bits per heavy atom. The Bertz CT molecular complexity index is 354. The van der Waals surface area contributed by atoms with Gasteiger partial charge in [-0.25, -0.2) is 4.79 Å². The minimum absolute atomic E-state index is 0.246. The molecule has 0 aliphatic carbocycles. The fraction of sp³-hybridized carbons (Fsp3) is 0.100. The van der Waals surface area contributed by atoms with Crippen LogP contribution in [0.5, 0.6) is 0 Å². The Kier molecular flexibility index (Phi) is 2.07. The van der Waals surface area contributed by atoms with Gasteiger partial charge in [-0.05, 0) is 23.8 Å². The van der Waals surface area contributed by atoms with Gasteiger partial charge in [0.15, 0.2) is 0 Å². The van der Waals surface area contributed by atoms with Crippen LogP contribution in [-0.4, -0.2) is 5.97 Å². The van der Waals surface area contributed by atoms with Crippen molar-refractivity contribution >= 4 is 17.6 Å². The van der Waals surface area contributed by atoms with E-state index in [0.29, 0.717) is 5.02 Å². The molecule has 0 aromatic heterocycles. The highest BCUT2D eigenvalue weighted by Gasteiger charge is 2.17. The molecule has 1 heterocycles. The Morgan fingerprint density at radius 2 is 1.92 bits per heavy atom. The number of esters is 1. The van der Waals surface area contributed by atoms with Crippen LogP contribution in [0.2, 0.25) is 5.02 Å². The van der Waals surface area contributed by atoms with Crippen molar-refractivity contribution in [1.29, 1.82) is 0 Å². The zero-order chi connectivity index (χ0) is 9.26. The summed E-state index contributed by atoms with van der Waals surface area (Å²) in [6.45, 7) is 0. The molecule has 66 valence electrons. The smallest absolute Gasteiger partial charge is 0.331 e. The molecule has 0 radical (unpaired) electrons. The van der Waals surface area contributed by atoms with Crippen molar-refractivity contribution in [3.05, 3.63) is 47.0 Å². The van der Waals surface area contributed by atoms with Gasteiger partial charge in [0.1, 0.15) is 6.10 Å². The monoisotopic (exact) mass is 194 g/mol. The predicted molar refractivity (Wildman–Crippen MR) is 49.4 cm³/mol. The standard InChI is InChI=1S/C10H7ClO2/c11-8-3-1-7(2-4-8)9-5-6-10(12)13-9/h1-6,9H. The van der Waals surface area contributed by atoms with Crippen molar-refractivity contribution in [2.75, 3.05) is 0 Å². The molecule has 0 bridgehead atoms. The molecule has 1 unspecified atom stereocenters. The second-order valence-corrected chi connectivity index (χ2v) is 3.20. The summed E-state index contributed by atoms with van der Waals surface area (Å²) in [7, 11) is 0. The Balaban J connectivity index is 2.22. The third-order valence-electron chi connectivity index (χ3n) is 1.85. The van der Waals surface area contributed by atoms with Crippen LogP contribution in [-0.2, 0) is 9.53 Å². The van der Waals surface area contributed by atoms with Gasteiger partial charge < -0.3 is 4.74 Å². The molecule has 0 saturated heterocycles. The van der Waals surface area contributed by atoms with Gasteiger partial charge in [-0.1, -0.05) is 23.7 Å². The zero-order valence-corrected chi connectivity index (χ0v) is 7.49. The summed E-state index contributed by atoms with van der Waals surface area (Å²) in [6, 6.07) is 7.24. The molecule has 0 fully saturated rings. The third-order valence-corrected chi connectivity index (χ3v) is 2.10. The minimum atomic E-state index is -0.292. The molecule has 0 saturated carbocycles. The average Bonchev–Trinajstić information content (AvgIpc) is 2.53. The molecule has 0 spiro atoms. The van der Waals surface area contributed by atoms with Crippen molar-refractivity contribution in [2.45, 2.75) is 6.10 Å². The molecule has 1 aliphatic rings. The number of ether oxygens (including phenoxy) is 1. The number of hydrogen-bond acceptors (Lipinski definition) is 2. The molecule has 0 amide bonds. The highest BCUT2D eigenvalue weighted by Crippen LogP contribution is 2.24. The van der Waals surface area contributed by atoms with Crippen molar-refractivity contribution in [3.63, 3.8) is 0 Å². The summed E-state index contributed by atoms with van der Waals surface area (Å²) in [6.07, 6.45) is 2.91. The van der Waals surface area contributed by atoms with Crippen LogP contribution < -0.4 is 0 Å². The SMILES string of the molecule is O=C1C=CC(c2ccc(Cl)cc2)O1. The van der Waals surface area contributed by atoms with E-state index < -0.39 is 0 Å². The zero-order valence-electron chi connectivity index (χ0n) is 6.74. The van der Waals surface area contributed by atoms with Crippen LogP contribution in [0.4, 0.5) is 0 Å². The summed E-state index contributed by atoms with van der Waals surface area (Å²) in [4.78, 5) is 10.8. The average molecular weight is 195 g/mol. The maximum atomic E-state index is 10.8. The van der Waals surface area contributed by atoms with E-state index in [4.69, 9.17) is 16.3 Å². The third kappa shape index (κ3) is 1.73. The molecular formula is C10H7ClO2. The fourth-order valence-corrected chi connectivity index (χ4v) is 1.33. The molecule has 2 nitrogen and oxygen atoms in total. The van der Waals surface area contributed by atoms with E-state index in [0.717, 1.165) is 5.56 Å². The molecule has 0 N–H and O–H groups in total.